The third-order valence-corrected chi connectivity index (χ3v) is 2.04. The molecule has 1 unspecified atom stereocenters. The maximum atomic E-state index is 11.4. The highest BCUT2D eigenvalue weighted by molar-refractivity contribution is 5.76. The molecular weight excluding hydrogens is 162 g/mol. The zero-order valence-corrected chi connectivity index (χ0v) is 9.61. The molecule has 0 fully saturated rings. The molecule has 0 bridgehead atoms. The fourth-order valence-corrected chi connectivity index (χ4v) is 0.977. The molecule has 1 atom stereocenters. The van der Waals surface area contributed by atoms with Crippen molar-refractivity contribution in [3.63, 3.8) is 0 Å². The Balaban J connectivity index is 3.64. The highest BCUT2D eigenvalue weighted by Gasteiger charge is 2.15. The molecule has 13 heavy (non-hydrogen) atoms. The SMILES string of the molecule is CCC(C)CNC(=O)CC(C)(C)C. The number of nitrogens with one attached hydrogen (secondary N) is 1. The van der Waals surface area contributed by atoms with E-state index in [1.54, 1.807) is 0 Å². The number of carbonyl (C=O) groups excluding carboxylic acids is 1. The van der Waals surface area contributed by atoms with E-state index in [4.69, 9.17) is 0 Å². The van der Waals surface area contributed by atoms with Crippen LogP contribution in [-0.2, 0) is 4.79 Å². The van der Waals surface area contributed by atoms with Crippen molar-refractivity contribution in [2.75, 3.05) is 6.54 Å². The van der Waals surface area contributed by atoms with Gasteiger partial charge in [-0.2, -0.15) is 0 Å². The number of amides is 1. The van der Waals surface area contributed by atoms with Gasteiger partial charge in [0.1, 0.15) is 0 Å². The quantitative estimate of drug-likeness (QED) is 0.716. The van der Waals surface area contributed by atoms with Crippen molar-refractivity contribution in [3.8, 4) is 0 Å². The minimum Gasteiger partial charge on any atom is -0.356 e. The normalized spacial score (nSPS) is 13.9. The largest absolute Gasteiger partial charge is 0.356 e. The lowest BCUT2D eigenvalue weighted by Gasteiger charge is -2.18. The molecule has 1 N–H and O–H groups in total. The maximum Gasteiger partial charge on any atom is 0.220 e. The molecule has 2 heteroatoms. The number of rotatable bonds is 4. The Hall–Kier alpha value is -0.530. The molecule has 0 aromatic heterocycles. The Bertz CT molecular complexity index is 158. The second kappa shape index (κ2) is 5.25. The Morgan fingerprint density at radius 2 is 1.92 bits per heavy atom. The summed E-state index contributed by atoms with van der Waals surface area (Å²) in [7, 11) is 0. The van der Waals surface area contributed by atoms with Crippen molar-refractivity contribution < 1.29 is 4.79 Å². The van der Waals surface area contributed by atoms with Gasteiger partial charge in [0.2, 0.25) is 5.91 Å². The van der Waals surface area contributed by atoms with E-state index < -0.39 is 0 Å². The van der Waals surface area contributed by atoms with Crippen molar-refractivity contribution in [1.82, 2.24) is 5.32 Å². The molecule has 0 aliphatic carbocycles. The molecule has 0 saturated carbocycles. The van der Waals surface area contributed by atoms with E-state index in [-0.39, 0.29) is 11.3 Å². The highest BCUT2D eigenvalue weighted by Crippen LogP contribution is 2.17. The maximum absolute atomic E-state index is 11.4. The van der Waals surface area contributed by atoms with Gasteiger partial charge in [-0.1, -0.05) is 41.0 Å². The lowest BCUT2D eigenvalue weighted by atomic mass is 9.92. The van der Waals surface area contributed by atoms with E-state index in [1.807, 2.05) is 0 Å². The van der Waals surface area contributed by atoms with Crippen molar-refractivity contribution in [2.24, 2.45) is 11.3 Å². The van der Waals surface area contributed by atoms with E-state index in [0.717, 1.165) is 13.0 Å². The van der Waals surface area contributed by atoms with Crippen LogP contribution in [0, 0.1) is 11.3 Å². The minimum atomic E-state index is 0.0968. The molecule has 2 nitrogen and oxygen atoms in total. The monoisotopic (exact) mass is 185 g/mol. The third kappa shape index (κ3) is 7.82. The summed E-state index contributed by atoms with van der Waals surface area (Å²) in [4.78, 5) is 11.4. The molecule has 0 heterocycles. The van der Waals surface area contributed by atoms with Gasteiger partial charge in [-0.25, -0.2) is 0 Å². The van der Waals surface area contributed by atoms with E-state index >= 15 is 0 Å². The molecule has 0 aromatic carbocycles. The van der Waals surface area contributed by atoms with Gasteiger partial charge in [0.05, 0.1) is 0 Å². The average molecular weight is 185 g/mol. The van der Waals surface area contributed by atoms with E-state index in [1.165, 1.54) is 0 Å². The summed E-state index contributed by atoms with van der Waals surface area (Å²) in [6.45, 7) is 11.3. The summed E-state index contributed by atoms with van der Waals surface area (Å²) in [5, 5.41) is 2.95. The fourth-order valence-electron chi connectivity index (χ4n) is 0.977. The molecule has 78 valence electrons. The van der Waals surface area contributed by atoms with Crippen LogP contribution in [0.1, 0.15) is 47.5 Å². The molecule has 0 aliphatic rings. The first kappa shape index (κ1) is 12.5. The Kier molecular flexibility index (Phi) is 5.04. The van der Waals surface area contributed by atoms with Crippen LogP contribution in [0.4, 0.5) is 0 Å². The van der Waals surface area contributed by atoms with Gasteiger partial charge in [-0.3, -0.25) is 4.79 Å². The van der Waals surface area contributed by atoms with E-state index in [0.29, 0.717) is 12.3 Å². The Morgan fingerprint density at radius 3 is 2.31 bits per heavy atom. The van der Waals surface area contributed by atoms with Crippen LogP contribution in [0.3, 0.4) is 0 Å². The Labute approximate surface area is 82.1 Å². The zero-order chi connectivity index (χ0) is 10.5. The van der Waals surface area contributed by atoms with Crippen LogP contribution in [-0.4, -0.2) is 12.5 Å². The van der Waals surface area contributed by atoms with Gasteiger partial charge in [0.15, 0.2) is 0 Å². The average Bonchev–Trinajstić information content (AvgIpc) is 1.97. The second-order valence-electron chi connectivity index (χ2n) is 5.05. The summed E-state index contributed by atoms with van der Waals surface area (Å²) in [6.07, 6.45) is 1.74. The summed E-state index contributed by atoms with van der Waals surface area (Å²) in [6, 6.07) is 0. The molecule has 1 amide bonds. The van der Waals surface area contributed by atoms with E-state index in [9.17, 15) is 4.79 Å². The molecule has 0 radical (unpaired) electrons. The molecular formula is C11H23NO. The zero-order valence-electron chi connectivity index (χ0n) is 9.61. The molecule has 0 spiro atoms. The standard InChI is InChI=1S/C11H23NO/c1-6-9(2)8-12-10(13)7-11(3,4)5/h9H,6-8H2,1-5H3,(H,12,13). The first-order valence-corrected chi connectivity index (χ1v) is 5.12. The van der Waals surface area contributed by atoms with Gasteiger partial charge in [-0.05, 0) is 11.3 Å². The van der Waals surface area contributed by atoms with Crippen molar-refractivity contribution in [2.45, 2.75) is 47.5 Å². The van der Waals surface area contributed by atoms with Gasteiger partial charge < -0.3 is 5.32 Å². The summed E-state index contributed by atoms with van der Waals surface area (Å²) in [5.74, 6) is 0.761. The van der Waals surface area contributed by atoms with Crippen LogP contribution in [0.2, 0.25) is 0 Å². The minimum absolute atomic E-state index is 0.0968. The van der Waals surface area contributed by atoms with Crippen LogP contribution in [0.25, 0.3) is 0 Å². The van der Waals surface area contributed by atoms with Crippen molar-refractivity contribution in [3.05, 3.63) is 0 Å². The first-order chi connectivity index (χ1) is 5.85. The van der Waals surface area contributed by atoms with Gasteiger partial charge in [-0.15, -0.1) is 0 Å². The van der Waals surface area contributed by atoms with Crippen LogP contribution in [0.5, 0.6) is 0 Å². The Morgan fingerprint density at radius 1 is 1.38 bits per heavy atom. The lowest BCUT2D eigenvalue weighted by Crippen LogP contribution is -2.30. The second-order valence-corrected chi connectivity index (χ2v) is 5.05. The van der Waals surface area contributed by atoms with Crippen LogP contribution in [0.15, 0.2) is 0 Å². The lowest BCUT2D eigenvalue weighted by molar-refractivity contribution is -0.122. The fraction of sp³-hybridized carbons (Fsp3) is 0.909. The van der Waals surface area contributed by atoms with Crippen LogP contribution < -0.4 is 5.32 Å². The van der Waals surface area contributed by atoms with Gasteiger partial charge in [0.25, 0.3) is 0 Å². The summed E-state index contributed by atoms with van der Waals surface area (Å²) >= 11 is 0. The molecule has 0 saturated heterocycles. The number of hydrogen-bond acceptors (Lipinski definition) is 1. The van der Waals surface area contributed by atoms with Gasteiger partial charge in [0, 0.05) is 13.0 Å². The number of carbonyl (C=O) groups is 1. The van der Waals surface area contributed by atoms with Crippen LogP contribution >= 0.6 is 0 Å². The van der Waals surface area contributed by atoms with Crippen molar-refractivity contribution >= 4 is 5.91 Å². The predicted molar refractivity (Wildman–Crippen MR) is 56.5 cm³/mol. The summed E-state index contributed by atoms with van der Waals surface area (Å²) in [5.41, 5.74) is 0.0968. The third-order valence-electron chi connectivity index (χ3n) is 2.04. The highest BCUT2D eigenvalue weighted by atomic mass is 16.1. The predicted octanol–water partition coefficient (Wildman–Crippen LogP) is 2.58. The van der Waals surface area contributed by atoms with E-state index in [2.05, 4.69) is 39.9 Å². The van der Waals surface area contributed by atoms with Gasteiger partial charge >= 0.3 is 0 Å². The molecule has 0 aromatic rings. The van der Waals surface area contributed by atoms with Crippen molar-refractivity contribution in [1.29, 1.82) is 0 Å². The number of hydrogen-bond donors (Lipinski definition) is 1. The summed E-state index contributed by atoms with van der Waals surface area (Å²) < 4.78 is 0. The first-order valence-electron chi connectivity index (χ1n) is 5.12. The molecule has 0 aliphatic heterocycles. The molecule has 0 rings (SSSR count). The topological polar surface area (TPSA) is 29.1 Å². The smallest absolute Gasteiger partial charge is 0.220 e.